The average molecular weight is 474 g/mol. The normalized spacial score (nSPS) is 11.2. The lowest BCUT2D eigenvalue weighted by molar-refractivity contribution is 0.883. The molecule has 0 saturated carbocycles. The van der Waals surface area contributed by atoms with Crippen molar-refractivity contribution in [2.75, 3.05) is 0 Å². The van der Waals surface area contributed by atoms with Crippen molar-refractivity contribution in [2.45, 2.75) is 24.8 Å². The Bertz CT molecular complexity index is 1520. The van der Waals surface area contributed by atoms with Gasteiger partial charge in [0.1, 0.15) is 5.65 Å². The third kappa shape index (κ3) is 4.29. The van der Waals surface area contributed by atoms with Gasteiger partial charge in [0, 0.05) is 33.8 Å². The molecule has 5 rings (SSSR count). The molecule has 164 valence electrons. The zero-order valence-electron chi connectivity index (χ0n) is 18.1. The van der Waals surface area contributed by atoms with Crippen molar-refractivity contribution in [1.29, 1.82) is 0 Å². The summed E-state index contributed by atoms with van der Waals surface area (Å²) >= 11 is 7.58. The number of halogens is 1. The molecule has 0 amide bonds. The van der Waals surface area contributed by atoms with Gasteiger partial charge in [-0.25, -0.2) is 4.98 Å². The first-order valence-corrected chi connectivity index (χ1v) is 11.8. The summed E-state index contributed by atoms with van der Waals surface area (Å²) in [5.74, 6) is 1.21. The number of pyridine rings is 1. The maximum absolute atomic E-state index is 12.6. The molecule has 0 atom stereocenters. The Morgan fingerprint density at radius 1 is 0.939 bits per heavy atom. The molecule has 0 fully saturated rings. The van der Waals surface area contributed by atoms with E-state index in [4.69, 9.17) is 11.6 Å². The molecule has 0 unspecified atom stereocenters. The van der Waals surface area contributed by atoms with Crippen molar-refractivity contribution in [3.8, 4) is 17.1 Å². The molecule has 33 heavy (non-hydrogen) atoms. The van der Waals surface area contributed by atoms with Gasteiger partial charge in [-0.15, -0.1) is 10.2 Å². The van der Waals surface area contributed by atoms with Crippen molar-refractivity contribution in [2.24, 2.45) is 0 Å². The van der Waals surface area contributed by atoms with Gasteiger partial charge in [0.25, 0.3) is 5.56 Å². The Kier molecular flexibility index (Phi) is 5.74. The van der Waals surface area contributed by atoms with Crippen LogP contribution in [0.2, 0.25) is 5.02 Å². The van der Waals surface area contributed by atoms with Crippen LogP contribution in [0, 0.1) is 13.8 Å². The van der Waals surface area contributed by atoms with Gasteiger partial charge in [-0.1, -0.05) is 41.6 Å². The van der Waals surface area contributed by atoms with Gasteiger partial charge < -0.3 is 0 Å². The third-order valence-corrected chi connectivity index (χ3v) is 6.49. The number of thioether (sulfide) groups is 1. The molecule has 8 heteroatoms. The van der Waals surface area contributed by atoms with E-state index >= 15 is 0 Å². The number of benzene rings is 2. The molecule has 2 aromatic carbocycles. The highest BCUT2D eigenvalue weighted by Gasteiger charge is 2.17. The third-order valence-electron chi connectivity index (χ3n) is 5.28. The van der Waals surface area contributed by atoms with E-state index in [2.05, 4.69) is 34.2 Å². The van der Waals surface area contributed by atoms with Gasteiger partial charge in [-0.2, -0.15) is 0 Å². The molecular formula is C25H20ClN5OS. The zero-order chi connectivity index (χ0) is 22.9. The highest BCUT2D eigenvalue weighted by atomic mass is 35.5. The highest BCUT2D eigenvalue weighted by Crippen LogP contribution is 2.30. The summed E-state index contributed by atoms with van der Waals surface area (Å²) in [6.45, 7) is 3.95. The summed E-state index contributed by atoms with van der Waals surface area (Å²) in [5.41, 5.74) is 5.13. The SMILES string of the molecule is Cc1cccc(-n2c(SCc3cc(=O)n4c(C)cccc4n3)nnc2-c2ccc(Cl)cc2)c1. The van der Waals surface area contributed by atoms with E-state index in [1.807, 2.05) is 66.1 Å². The lowest BCUT2D eigenvalue weighted by atomic mass is 10.2. The van der Waals surface area contributed by atoms with Crippen LogP contribution in [-0.2, 0) is 5.75 Å². The minimum atomic E-state index is -0.0873. The summed E-state index contributed by atoms with van der Waals surface area (Å²) < 4.78 is 3.64. The lowest BCUT2D eigenvalue weighted by Crippen LogP contribution is -2.17. The lowest BCUT2D eigenvalue weighted by Gasteiger charge is -2.11. The van der Waals surface area contributed by atoms with Crippen molar-refractivity contribution >= 4 is 29.0 Å². The number of fused-ring (bicyclic) bond motifs is 1. The monoisotopic (exact) mass is 473 g/mol. The number of rotatable bonds is 5. The Labute approximate surface area is 199 Å². The van der Waals surface area contributed by atoms with E-state index < -0.39 is 0 Å². The molecule has 0 saturated heterocycles. The van der Waals surface area contributed by atoms with Crippen LogP contribution in [0.1, 0.15) is 17.0 Å². The van der Waals surface area contributed by atoms with E-state index in [0.717, 1.165) is 33.5 Å². The fourth-order valence-corrected chi connectivity index (χ4v) is 4.70. The molecule has 3 aromatic heterocycles. The number of hydrogen-bond donors (Lipinski definition) is 0. The summed E-state index contributed by atoms with van der Waals surface area (Å²) in [7, 11) is 0. The van der Waals surface area contributed by atoms with Crippen molar-refractivity contribution in [3.05, 3.63) is 105 Å². The summed E-state index contributed by atoms with van der Waals surface area (Å²) in [5, 5.41) is 10.3. The van der Waals surface area contributed by atoms with Crippen LogP contribution in [0.25, 0.3) is 22.7 Å². The average Bonchev–Trinajstić information content (AvgIpc) is 3.22. The van der Waals surface area contributed by atoms with E-state index in [0.29, 0.717) is 22.1 Å². The van der Waals surface area contributed by atoms with Gasteiger partial charge >= 0.3 is 0 Å². The van der Waals surface area contributed by atoms with Crippen LogP contribution in [-0.4, -0.2) is 24.1 Å². The topological polar surface area (TPSA) is 65.1 Å². The van der Waals surface area contributed by atoms with Crippen LogP contribution in [0.4, 0.5) is 0 Å². The Hall–Kier alpha value is -3.42. The fourth-order valence-electron chi connectivity index (χ4n) is 3.73. The van der Waals surface area contributed by atoms with E-state index in [1.54, 1.807) is 10.5 Å². The summed E-state index contributed by atoms with van der Waals surface area (Å²) in [4.78, 5) is 17.3. The molecule has 0 radical (unpaired) electrons. The molecule has 0 bridgehead atoms. The van der Waals surface area contributed by atoms with Gasteiger partial charge in [-0.05, 0) is 67.9 Å². The smallest absolute Gasteiger partial charge is 0.258 e. The van der Waals surface area contributed by atoms with Crippen LogP contribution in [0.15, 0.2) is 82.7 Å². The number of aromatic nitrogens is 5. The van der Waals surface area contributed by atoms with Gasteiger partial charge in [0.2, 0.25) is 0 Å². The van der Waals surface area contributed by atoms with Crippen LogP contribution in [0.5, 0.6) is 0 Å². The molecule has 0 N–H and O–H groups in total. The van der Waals surface area contributed by atoms with Gasteiger partial charge in [0.05, 0.1) is 5.69 Å². The molecule has 0 aliphatic heterocycles. The van der Waals surface area contributed by atoms with Gasteiger partial charge in [0.15, 0.2) is 11.0 Å². The Balaban J connectivity index is 1.54. The second-order valence-electron chi connectivity index (χ2n) is 7.72. The first-order chi connectivity index (χ1) is 16.0. The number of aryl methyl sites for hydroxylation is 2. The summed E-state index contributed by atoms with van der Waals surface area (Å²) in [6, 6.07) is 23.0. The standard InChI is InChI=1S/C25H20ClN5OS/c1-16-5-3-7-21(13-16)31-24(18-9-11-19(26)12-10-18)28-29-25(31)33-15-20-14-23(32)30-17(2)6-4-8-22(30)27-20/h3-14H,15H2,1-2H3. The molecule has 3 heterocycles. The summed E-state index contributed by atoms with van der Waals surface area (Å²) in [6.07, 6.45) is 0. The van der Waals surface area contributed by atoms with Crippen molar-refractivity contribution in [3.63, 3.8) is 0 Å². The van der Waals surface area contributed by atoms with Crippen LogP contribution >= 0.6 is 23.4 Å². The van der Waals surface area contributed by atoms with E-state index in [1.165, 1.54) is 11.8 Å². The van der Waals surface area contributed by atoms with Crippen LogP contribution in [0.3, 0.4) is 0 Å². The molecule has 0 aliphatic carbocycles. The van der Waals surface area contributed by atoms with Crippen LogP contribution < -0.4 is 5.56 Å². The Morgan fingerprint density at radius 2 is 1.73 bits per heavy atom. The molecular weight excluding hydrogens is 454 g/mol. The zero-order valence-corrected chi connectivity index (χ0v) is 19.6. The minimum absolute atomic E-state index is 0.0873. The predicted octanol–water partition coefficient (Wildman–Crippen LogP) is 5.50. The first-order valence-electron chi connectivity index (χ1n) is 10.4. The Morgan fingerprint density at radius 3 is 2.52 bits per heavy atom. The maximum Gasteiger partial charge on any atom is 0.258 e. The number of nitrogens with zero attached hydrogens (tertiary/aromatic N) is 5. The second-order valence-corrected chi connectivity index (χ2v) is 9.10. The first kappa shape index (κ1) is 21.4. The number of hydrogen-bond acceptors (Lipinski definition) is 5. The largest absolute Gasteiger partial charge is 0.270 e. The molecule has 5 aromatic rings. The van der Waals surface area contributed by atoms with Crippen molar-refractivity contribution in [1.82, 2.24) is 24.1 Å². The molecule has 0 spiro atoms. The highest BCUT2D eigenvalue weighted by molar-refractivity contribution is 7.98. The predicted molar refractivity (Wildman–Crippen MR) is 132 cm³/mol. The van der Waals surface area contributed by atoms with E-state index in [-0.39, 0.29) is 5.56 Å². The van der Waals surface area contributed by atoms with Gasteiger partial charge in [-0.3, -0.25) is 13.8 Å². The molecule has 6 nitrogen and oxygen atoms in total. The maximum atomic E-state index is 12.6. The fraction of sp³-hybridized carbons (Fsp3) is 0.120. The van der Waals surface area contributed by atoms with Crippen molar-refractivity contribution < 1.29 is 0 Å². The molecule has 0 aliphatic rings. The minimum Gasteiger partial charge on any atom is -0.270 e. The quantitative estimate of drug-likeness (QED) is 0.315. The van der Waals surface area contributed by atoms with E-state index in [9.17, 15) is 4.79 Å². The second kappa shape index (κ2) is 8.84.